The van der Waals surface area contributed by atoms with Crippen LogP contribution >= 0.6 is 0 Å². The molecule has 7 rings (SSSR count). The van der Waals surface area contributed by atoms with E-state index in [0.29, 0.717) is 36.0 Å². The summed E-state index contributed by atoms with van der Waals surface area (Å²) in [5, 5.41) is 15.2. The van der Waals surface area contributed by atoms with Gasteiger partial charge in [-0.3, -0.25) is 14.3 Å². The molecule has 1 amide bonds. The van der Waals surface area contributed by atoms with Crippen LogP contribution in [0, 0.1) is 0 Å². The standard InChI is InChI=1S/C32H30F3N5O3/c33-32(34,35)23-7-2-5-20(15-23)27(41)29(43)39-13-3-8-26-25(18-39)28(42)38-30(37-26)31(11-12-31)22-6-1-4-19(14-22)21-16-36-40(17-21)24-9-10-24/h1-2,4-7,14-17,24,27,41H,3,8-13,18H2,(H,37,38,42). The van der Waals surface area contributed by atoms with Crippen molar-refractivity contribution in [2.24, 2.45) is 0 Å². The van der Waals surface area contributed by atoms with Gasteiger partial charge in [0.15, 0.2) is 6.10 Å². The van der Waals surface area contributed by atoms with Gasteiger partial charge in [0.05, 0.1) is 41.0 Å². The number of aliphatic hydroxyl groups is 1. The minimum absolute atomic E-state index is 0.0831. The number of aromatic nitrogens is 4. The van der Waals surface area contributed by atoms with Crippen molar-refractivity contribution in [1.29, 1.82) is 0 Å². The molecule has 3 heterocycles. The summed E-state index contributed by atoms with van der Waals surface area (Å²) in [6.45, 7) is 0.155. The third kappa shape index (κ3) is 5.15. The minimum Gasteiger partial charge on any atom is -0.378 e. The van der Waals surface area contributed by atoms with Crippen LogP contribution in [0.5, 0.6) is 0 Å². The average molecular weight is 590 g/mol. The van der Waals surface area contributed by atoms with Crippen molar-refractivity contribution >= 4 is 5.91 Å². The molecule has 0 radical (unpaired) electrons. The fourth-order valence-corrected chi connectivity index (χ4v) is 6.05. The zero-order valence-electron chi connectivity index (χ0n) is 23.3. The average Bonchev–Trinajstić information content (AvgIpc) is 3.94. The Hall–Kier alpha value is -4.25. The molecule has 0 bridgehead atoms. The normalized spacial score (nSPS) is 18.6. The van der Waals surface area contributed by atoms with Gasteiger partial charge in [-0.25, -0.2) is 4.98 Å². The Bertz CT molecular complexity index is 1770. The van der Waals surface area contributed by atoms with E-state index in [9.17, 15) is 27.9 Å². The molecule has 3 aliphatic rings. The van der Waals surface area contributed by atoms with Gasteiger partial charge < -0.3 is 15.0 Å². The quantitative estimate of drug-likeness (QED) is 0.327. The summed E-state index contributed by atoms with van der Waals surface area (Å²) in [5.74, 6) is -0.151. The van der Waals surface area contributed by atoms with Crippen LogP contribution in [0.1, 0.15) is 78.0 Å². The maximum absolute atomic E-state index is 13.4. The van der Waals surface area contributed by atoms with Crippen molar-refractivity contribution in [2.75, 3.05) is 6.54 Å². The monoisotopic (exact) mass is 589 g/mol. The van der Waals surface area contributed by atoms with E-state index in [1.54, 1.807) is 0 Å². The summed E-state index contributed by atoms with van der Waals surface area (Å²) >= 11 is 0. The molecule has 2 saturated carbocycles. The zero-order chi connectivity index (χ0) is 29.9. The van der Waals surface area contributed by atoms with E-state index >= 15 is 0 Å². The van der Waals surface area contributed by atoms with E-state index in [2.05, 4.69) is 34.5 Å². The molecule has 11 heteroatoms. The second-order valence-electron chi connectivity index (χ2n) is 11.8. The van der Waals surface area contributed by atoms with Crippen molar-refractivity contribution in [2.45, 2.75) is 68.8 Å². The summed E-state index contributed by atoms with van der Waals surface area (Å²) in [6, 6.07) is 12.9. The second-order valence-corrected chi connectivity index (χ2v) is 11.8. The van der Waals surface area contributed by atoms with Gasteiger partial charge in [0.25, 0.3) is 11.5 Å². The lowest BCUT2D eigenvalue weighted by Crippen LogP contribution is -2.36. The van der Waals surface area contributed by atoms with Crippen molar-refractivity contribution in [3.8, 4) is 11.1 Å². The van der Waals surface area contributed by atoms with Crippen molar-refractivity contribution in [1.82, 2.24) is 24.6 Å². The largest absolute Gasteiger partial charge is 0.416 e. The molecule has 222 valence electrons. The summed E-state index contributed by atoms with van der Waals surface area (Å²) in [4.78, 5) is 35.9. The number of carbonyl (C=O) groups excluding carboxylic acids is 1. The smallest absolute Gasteiger partial charge is 0.378 e. The number of aliphatic hydroxyl groups excluding tert-OH is 1. The zero-order valence-corrected chi connectivity index (χ0v) is 23.3. The summed E-state index contributed by atoms with van der Waals surface area (Å²) in [6.07, 6.45) is 2.54. The number of rotatable bonds is 6. The maximum atomic E-state index is 13.4. The number of halogens is 3. The van der Waals surface area contributed by atoms with Gasteiger partial charge in [-0.2, -0.15) is 18.3 Å². The minimum atomic E-state index is -4.60. The van der Waals surface area contributed by atoms with Gasteiger partial charge in [0.2, 0.25) is 0 Å². The number of H-pyrrole nitrogens is 1. The highest BCUT2D eigenvalue weighted by Gasteiger charge is 2.49. The molecule has 43 heavy (non-hydrogen) atoms. The molecule has 8 nitrogen and oxygen atoms in total. The Morgan fingerprint density at radius 2 is 1.88 bits per heavy atom. The molecule has 1 aliphatic heterocycles. The van der Waals surface area contributed by atoms with Crippen molar-refractivity contribution in [3.05, 3.63) is 105 Å². The number of alkyl halides is 3. The molecule has 1 atom stereocenters. The fraction of sp³-hybridized carbons (Fsp3) is 0.375. The molecule has 2 aromatic carbocycles. The third-order valence-corrected chi connectivity index (χ3v) is 8.84. The summed E-state index contributed by atoms with van der Waals surface area (Å²) < 4.78 is 41.6. The lowest BCUT2D eigenvalue weighted by atomic mass is 9.92. The molecule has 2 aliphatic carbocycles. The number of aryl methyl sites for hydroxylation is 1. The molecular formula is C32H30F3N5O3. The lowest BCUT2D eigenvalue weighted by Gasteiger charge is -2.24. The molecule has 2 aromatic heterocycles. The fourth-order valence-electron chi connectivity index (χ4n) is 6.05. The van der Waals surface area contributed by atoms with Crippen LogP contribution in [0.4, 0.5) is 13.2 Å². The number of amides is 1. The number of nitrogens with one attached hydrogen (secondary N) is 1. The molecule has 4 aromatic rings. The lowest BCUT2D eigenvalue weighted by molar-refractivity contribution is -0.142. The van der Waals surface area contributed by atoms with Crippen molar-refractivity contribution in [3.63, 3.8) is 0 Å². The number of benzene rings is 2. The maximum Gasteiger partial charge on any atom is 0.416 e. The SMILES string of the molecule is O=C(C(O)c1cccc(C(F)(F)F)c1)N1CCCc2nc(C3(c4cccc(-c5cnn(C6CC6)c5)c4)CC3)[nH]c(=O)c2C1. The first-order valence-corrected chi connectivity index (χ1v) is 14.5. The van der Waals surface area contributed by atoms with E-state index in [0.717, 1.165) is 60.6 Å². The number of fused-ring (bicyclic) bond motifs is 1. The van der Waals surface area contributed by atoms with Gasteiger partial charge in [0.1, 0.15) is 5.82 Å². The van der Waals surface area contributed by atoms with Crippen LogP contribution in [0.3, 0.4) is 0 Å². The number of hydrogen-bond donors (Lipinski definition) is 2. The highest BCUT2D eigenvalue weighted by Crippen LogP contribution is 2.52. The van der Waals surface area contributed by atoms with Gasteiger partial charge in [-0.05, 0) is 67.3 Å². The topological polar surface area (TPSA) is 104 Å². The number of aromatic amines is 1. The molecule has 0 spiro atoms. The number of hydrogen-bond acceptors (Lipinski definition) is 5. The molecular weight excluding hydrogens is 559 g/mol. The van der Waals surface area contributed by atoms with Crippen LogP contribution in [0.2, 0.25) is 0 Å². The first kappa shape index (κ1) is 27.6. The van der Waals surface area contributed by atoms with Gasteiger partial charge in [-0.1, -0.05) is 36.4 Å². The summed E-state index contributed by atoms with van der Waals surface area (Å²) in [7, 11) is 0. The van der Waals surface area contributed by atoms with E-state index in [4.69, 9.17) is 4.98 Å². The molecule has 2 fully saturated rings. The Morgan fingerprint density at radius 3 is 2.63 bits per heavy atom. The van der Waals surface area contributed by atoms with Crippen LogP contribution in [0.15, 0.2) is 65.7 Å². The Morgan fingerprint density at radius 1 is 1.09 bits per heavy atom. The van der Waals surface area contributed by atoms with Crippen LogP contribution < -0.4 is 5.56 Å². The van der Waals surface area contributed by atoms with Crippen LogP contribution in [0.25, 0.3) is 11.1 Å². The van der Waals surface area contributed by atoms with Crippen molar-refractivity contribution < 1.29 is 23.1 Å². The molecule has 2 N–H and O–H groups in total. The third-order valence-electron chi connectivity index (χ3n) is 8.84. The van der Waals surface area contributed by atoms with Gasteiger partial charge in [-0.15, -0.1) is 0 Å². The van der Waals surface area contributed by atoms with Gasteiger partial charge in [0, 0.05) is 18.3 Å². The predicted octanol–water partition coefficient (Wildman–Crippen LogP) is 5.08. The first-order valence-electron chi connectivity index (χ1n) is 14.5. The Kier molecular flexibility index (Phi) is 6.53. The molecule has 1 unspecified atom stereocenters. The van der Waals surface area contributed by atoms with Crippen LogP contribution in [-0.2, 0) is 29.4 Å². The van der Waals surface area contributed by atoms with E-state index in [-0.39, 0.29) is 24.2 Å². The highest BCUT2D eigenvalue weighted by molar-refractivity contribution is 5.82. The summed E-state index contributed by atoms with van der Waals surface area (Å²) in [5.41, 5.74) is 2.27. The van der Waals surface area contributed by atoms with Gasteiger partial charge >= 0.3 is 6.18 Å². The van der Waals surface area contributed by atoms with E-state index < -0.39 is 29.2 Å². The Labute approximate surface area is 245 Å². The highest BCUT2D eigenvalue weighted by atomic mass is 19.4. The predicted molar refractivity (Wildman–Crippen MR) is 151 cm³/mol. The first-order chi connectivity index (χ1) is 20.6. The number of nitrogens with zero attached hydrogens (tertiary/aromatic N) is 4. The van der Waals surface area contributed by atoms with E-state index in [1.165, 1.54) is 11.0 Å². The van der Waals surface area contributed by atoms with E-state index in [1.807, 2.05) is 16.9 Å². The second kappa shape index (κ2) is 10.2. The molecule has 0 saturated heterocycles. The number of carbonyl (C=O) groups is 1. The Balaban J connectivity index is 1.14. The van der Waals surface area contributed by atoms with Crippen LogP contribution in [-0.4, -0.2) is 42.2 Å².